The van der Waals surface area contributed by atoms with E-state index in [1.54, 1.807) is 0 Å². The summed E-state index contributed by atoms with van der Waals surface area (Å²) < 4.78 is 0.903. The molecule has 0 aromatic heterocycles. The van der Waals surface area contributed by atoms with Crippen molar-refractivity contribution in [2.45, 2.75) is 30.8 Å². The molecule has 0 saturated carbocycles. The van der Waals surface area contributed by atoms with E-state index < -0.39 is 0 Å². The van der Waals surface area contributed by atoms with Crippen LogP contribution in [0.3, 0.4) is 0 Å². The predicted octanol–water partition coefficient (Wildman–Crippen LogP) is 3.72. The highest BCUT2D eigenvalue weighted by Crippen LogP contribution is 2.32. The Morgan fingerprint density at radius 1 is 1.33 bits per heavy atom. The van der Waals surface area contributed by atoms with Gasteiger partial charge in [-0.15, -0.1) is 23.5 Å². The van der Waals surface area contributed by atoms with Crippen LogP contribution in [0.25, 0.3) is 0 Å². The third-order valence-electron chi connectivity index (χ3n) is 1.84. The standard InChI is InChI=1S/C9H18S3/c1-2-3-4-5-11-9-8-10-6-7-12-9/h9H,2-8H2,1H3. The SMILES string of the molecule is CCCCCSC1CSCCS1. The van der Waals surface area contributed by atoms with E-state index in [-0.39, 0.29) is 0 Å². The van der Waals surface area contributed by atoms with E-state index in [2.05, 4.69) is 42.2 Å². The van der Waals surface area contributed by atoms with Crippen LogP contribution in [0.4, 0.5) is 0 Å². The van der Waals surface area contributed by atoms with E-state index in [1.807, 2.05) is 0 Å². The first-order valence-electron chi connectivity index (χ1n) is 4.74. The molecule has 0 N–H and O–H groups in total. The Kier molecular flexibility index (Phi) is 6.91. The fraction of sp³-hybridized carbons (Fsp3) is 1.00. The van der Waals surface area contributed by atoms with Gasteiger partial charge in [-0.05, 0) is 12.2 Å². The smallest absolute Gasteiger partial charge is 0.0593 e. The molecule has 0 nitrogen and oxygen atoms in total. The zero-order valence-corrected chi connectivity index (χ0v) is 10.2. The summed E-state index contributed by atoms with van der Waals surface area (Å²) >= 11 is 6.47. The van der Waals surface area contributed by atoms with Gasteiger partial charge < -0.3 is 0 Å². The lowest BCUT2D eigenvalue weighted by atomic mass is 10.3. The summed E-state index contributed by atoms with van der Waals surface area (Å²) in [7, 11) is 0. The average Bonchev–Trinajstić information content (AvgIpc) is 2.14. The fourth-order valence-electron chi connectivity index (χ4n) is 1.13. The number of thioether (sulfide) groups is 3. The van der Waals surface area contributed by atoms with Crippen molar-refractivity contribution in [3.05, 3.63) is 0 Å². The summed E-state index contributed by atoms with van der Waals surface area (Å²) in [4.78, 5) is 0. The molecule has 1 rings (SSSR count). The normalized spacial score (nSPS) is 24.2. The molecule has 0 aromatic rings. The van der Waals surface area contributed by atoms with Crippen LogP contribution in [0.5, 0.6) is 0 Å². The van der Waals surface area contributed by atoms with Gasteiger partial charge in [-0.25, -0.2) is 0 Å². The Hall–Kier alpha value is 1.05. The minimum atomic E-state index is 0.903. The largest absolute Gasteiger partial charge is 0.159 e. The maximum absolute atomic E-state index is 2.27. The van der Waals surface area contributed by atoms with Gasteiger partial charge in [0.2, 0.25) is 0 Å². The van der Waals surface area contributed by atoms with Gasteiger partial charge in [-0.3, -0.25) is 0 Å². The van der Waals surface area contributed by atoms with Crippen molar-refractivity contribution in [2.75, 3.05) is 23.0 Å². The highest BCUT2D eigenvalue weighted by atomic mass is 32.2. The highest BCUT2D eigenvalue weighted by molar-refractivity contribution is 8.19. The van der Waals surface area contributed by atoms with Crippen molar-refractivity contribution < 1.29 is 0 Å². The summed E-state index contributed by atoms with van der Waals surface area (Å²) in [6.45, 7) is 2.27. The molecule has 0 aliphatic carbocycles. The van der Waals surface area contributed by atoms with Crippen LogP contribution in [0, 0.1) is 0 Å². The van der Waals surface area contributed by atoms with Crippen molar-refractivity contribution in [3.63, 3.8) is 0 Å². The van der Waals surface area contributed by atoms with Gasteiger partial charge in [-0.2, -0.15) is 11.8 Å². The van der Waals surface area contributed by atoms with Crippen molar-refractivity contribution in [1.29, 1.82) is 0 Å². The van der Waals surface area contributed by atoms with Crippen LogP contribution in [0.2, 0.25) is 0 Å². The highest BCUT2D eigenvalue weighted by Gasteiger charge is 2.13. The molecule has 0 radical (unpaired) electrons. The van der Waals surface area contributed by atoms with Crippen LogP contribution in [-0.2, 0) is 0 Å². The zero-order chi connectivity index (χ0) is 8.65. The summed E-state index contributed by atoms with van der Waals surface area (Å²) in [5, 5.41) is 0. The maximum atomic E-state index is 2.27. The molecule has 0 amide bonds. The number of hydrogen-bond acceptors (Lipinski definition) is 3. The van der Waals surface area contributed by atoms with Crippen molar-refractivity contribution in [1.82, 2.24) is 0 Å². The van der Waals surface area contributed by atoms with Gasteiger partial charge in [0.25, 0.3) is 0 Å². The summed E-state index contributed by atoms with van der Waals surface area (Å²) in [5.41, 5.74) is 0. The lowest BCUT2D eigenvalue weighted by Crippen LogP contribution is -2.10. The first-order chi connectivity index (χ1) is 5.93. The molecule has 72 valence electrons. The molecule has 1 unspecified atom stereocenters. The number of hydrogen-bond donors (Lipinski definition) is 0. The second-order valence-electron chi connectivity index (χ2n) is 2.95. The van der Waals surface area contributed by atoms with E-state index >= 15 is 0 Å². The topological polar surface area (TPSA) is 0 Å². The number of rotatable bonds is 5. The minimum Gasteiger partial charge on any atom is -0.159 e. The molecule has 1 fully saturated rings. The Morgan fingerprint density at radius 3 is 2.92 bits per heavy atom. The van der Waals surface area contributed by atoms with Crippen LogP contribution < -0.4 is 0 Å². The minimum absolute atomic E-state index is 0.903. The third-order valence-corrected chi connectivity index (χ3v) is 6.44. The van der Waals surface area contributed by atoms with Gasteiger partial charge in [-0.1, -0.05) is 19.8 Å². The Bertz CT molecular complexity index is 99.9. The lowest BCUT2D eigenvalue weighted by Gasteiger charge is -2.20. The molecule has 1 aliphatic rings. The molecule has 12 heavy (non-hydrogen) atoms. The monoisotopic (exact) mass is 222 g/mol. The van der Waals surface area contributed by atoms with Crippen molar-refractivity contribution in [2.24, 2.45) is 0 Å². The van der Waals surface area contributed by atoms with E-state index in [9.17, 15) is 0 Å². The van der Waals surface area contributed by atoms with Gasteiger partial charge in [0.1, 0.15) is 0 Å². The maximum Gasteiger partial charge on any atom is 0.0593 e. The second-order valence-corrected chi connectivity index (χ2v) is 7.02. The Labute approximate surface area is 89.0 Å². The first-order valence-corrected chi connectivity index (χ1v) is 7.99. The average molecular weight is 222 g/mol. The molecule has 3 heteroatoms. The van der Waals surface area contributed by atoms with Gasteiger partial charge in [0.15, 0.2) is 0 Å². The first kappa shape index (κ1) is 11.1. The van der Waals surface area contributed by atoms with Gasteiger partial charge in [0, 0.05) is 17.3 Å². The van der Waals surface area contributed by atoms with Gasteiger partial charge >= 0.3 is 0 Å². The summed E-state index contributed by atoms with van der Waals surface area (Å²) in [6.07, 6.45) is 4.19. The quantitative estimate of drug-likeness (QED) is 0.651. The van der Waals surface area contributed by atoms with Crippen molar-refractivity contribution >= 4 is 35.3 Å². The van der Waals surface area contributed by atoms with Crippen molar-refractivity contribution in [3.8, 4) is 0 Å². The predicted molar refractivity (Wildman–Crippen MR) is 65.6 cm³/mol. The fourth-order valence-corrected chi connectivity index (χ4v) is 5.55. The van der Waals surface area contributed by atoms with Crippen LogP contribution >= 0.6 is 35.3 Å². The second kappa shape index (κ2) is 7.45. The van der Waals surface area contributed by atoms with E-state index in [1.165, 1.54) is 42.3 Å². The zero-order valence-electron chi connectivity index (χ0n) is 7.75. The molecular weight excluding hydrogens is 204 g/mol. The van der Waals surface area contributed by atoms with E-state index in [0.717, 1.165) is 4.58 Å². The van der Waals surface area contributed by atoms with E-state index in [0.29, 0.717) is 0 Å². The molecule has 1 aliphatic heterocycles. The molecule has 1 heterocycles. The van der Waals surface area contributed by atoms with Crippen LogP contribution in [0.1, 0.15) is 26.2 Å². The third kappa shape index (κ3) is 4.93. The molecule has 0 aromatic carbocycles. The molecule has 0 spiro atoms. The van der Waals surface area contributed by atoms with E-state index in [4.69, 9.17) is 0 Å². The lowest BCUT2D eigenvalue weighted by molar-refractivity contribution is 0.778. The molecule has 1 saturated heterocycles. The summed E-state index contributed by atoms with van der Waals surface area (Å²) in [5.74, 6) is 5.50. The van der Waals surface area contributed by atoms with Crippen LogP contribution in [0.15, 0.2) is 0 Å². The Balaban J connectivity index is 1.91. The molecular formula is C9H18S3. The molecule has 0 bridgehead atoms. The molecule has 1 atom stereocenters. The van der Waals surface area contributed by atoms with Crippen LogP contribution in [-0.4, -0.2) is 27.6 Å². The van der Waals surface area contributed by atoms with Gasteiger partial charge in [0.05, 0.1) is 4.58 Å². The summed E-state index contributed by atoms with van der Waals surface area (Å²) in [6, 6.07) is 0. The number of unbranched alkanes of at least 4 members (excludes halogenated alkanes) is 2. The Morgan fingerprint density at radius 2 is 2.25 bits per heavy atom.